The molecule has 162 valence electrons. The van der Waals surface area contributed by atoms with Crippen LogP contribution in [0.4, 0.5) is 4.79 Å². The molecule has 0 aliphatic carbocycles. The molecule has 2 aromatic carbocycles. The Hall–Kier alpha value is -3.29. The number of benzene rings is 2. The highest BCUT2D eigenvalue weighted by Gasteiger charge is 2.19. The van der Waals surface area contributed by atoms with Crippen LogP contribution >= 0.6 is 0 Å². The highest BCUT2D eigenvalue weighted by Crippen LogP contribution is 2.39. The minimum Gasteiger partial charge on any atom is -0.493 e. The van der Waals surface area contributed by atoms with Gasteiger partial charge in [0.15, 0.2) is 23.0 Å². The van der Waals surface area contributed by atoms with Crippen LogP contribution in [0.25, 0.3) is 0 Å². The maximum absolute atomic E-state index is 12.7. The van der Waals surface area contributed by atoms with E-state index in [2.05, 4.69) is 5.32 Å². The van der Waals surface area contributed by atoms with Gasteiger partial charge in [-0.15, -0.1) is 0 Å². The third-order valence-electron chi connectivity index (χ3n) is 4.90. The van der Waals surface area contributed by atoms with Crippen LogP contribution in [-0.4, -0.2) is 52.5 Å². The zero-order valence-electron chi connectivity index (χ0n) is 18.0. The molecule has 0 spiro atoms. The Morgan fingerprint density at radius 3 is 2.27 bits per heavy atom. The number of nitrogens with zero attached hydrogens (tertiary/aromatic N) is 1. The van der Waals surface area contributed by atoms with Gasteiger partial charge in [0.05, 0.1) is 27.4 Å². The van der Waals surface area contributed by atoms with Gasteiger partial charge in [-0.2, -0.15) is 0 Å². The van der Waals surface area contributed by atoms with Crippen molar-refractivity contribution in [2.45, 2.75) is 19.5 Å². The van der Waals surface area contributed by atoms with Crippen molar-refractivity contribution in [2.24, 2.45) is 0 Å². The van der Waals surface area contributed by atoms with Crippen molar-refractivity contribution in [1.29, 1.82) is 0 Å². The number of rotatable bonds is 7. The molecule has 1 N–H and O–H groups in total. The van der Waals surface area contributed by atoms with E-state index in [1.54, 1.807) is 33.3 Å². The molecule has 0 saturated heterocycles. The Labute approximate surface area is 176 Å². The van der Waals surface area contributed by atoms with Crippen molar-refractivity contribution in [3.05, 3.63) is 41.5 Å². The van der Waals surface area contributed by atoms with E-state index in [-0.39, 0.29) is 12.1 Å². The van der Waals surface area contributed by atoms with Crippen molar-refractivity contribution in [2.75, 3.05) is 41.6 Å². The van der Waals surface area contributed by atoms with Gasteiger partial charge in [0, 0.05) is 13.6 Å². The molecule has 8 heteroatoms. The number of fused-ring (bicyclic) bond motifs is 1. The Morgan fingerprint density at radius 2 is 1.67 bits per heavy atom. The number of hydrogen-bond donors (Lipinski definition) is 1. The molecule has 0 bridgehead atoms. The lowest BCUT2D eigenvalue weighted by molar-refractivity contribution is 0.171. The van der Waals surface area contributed by atoms with E-state index in [0.717, 1.165) is 16.9 Å². The number of methoxy groups -OCH3 is 3. The van der Waals surface area contributed by atoms with E-state index in [0.29, 0.717) is 42.8 Å². The molecule has 3 rings (SSSR count). The number of amides is 2. The third kappa shape index (κ3) is 4.64. The summed E-state index contributed by atoms with van der Waals surface area (Å²) in [6.45, 7) is 3.41. The highest BCUT2D eigenvalue weighted by molar-refractivity contribution is 5.74. The minimum atomic E-state index is -0.270. The van der Waals surface area contributed by atoms with Crippen LogP contribution < -0.4 is 29.0 Å². The number of hydrogen-bond acceptors (Lipinski definition) is 6. The number of urea groups is 1. The Bertz CT molecular complexity index is 876. The maximum atomic E-state index is 12.7. The molecule has 0 unspecified atom stereocenters. The smallest absolute Gasteiger partial charge is 0.317 e. The molecule has 2 aromatic rings. The minimum absolute atomic E-state index is 0.203. The first-order valence-electron chi connectivity index (χ1n) is 9.66. The molecule has 1 aliphatic heterocycles. The monoisotopic (exact) mass is 416 g/mol. The first kappa shape index (κ1) is 21.4. The summed E-state index contributed by atoms with van der Waals surface area (Å²) in [6.07, 6.45) is 0. The molecule has 0 radical (unpaired) electrons. The van der Waals surface area contributed by atoms with Gasteiger partial charge < -0.3 is 33.9 Å². The molecule has 1 aliphatic rings. The molecular weight excluding hydrogens is 388 g/mol. The number of carbonyl (C=O) groups excluding carboxylic acids is 1. The predicted octanol–water partition coefficient (Wildman–Crippen LogP) is 3.39. The van der Waals surface area contributed by atoms with Crippen LogP contribution in [-0.2, 0) is 6.54 Å². The second-order valence-corrected chi connectivity index (χ2v) is 6.96. The summed E-state index contributed by atoms with van der Waals surface area (Å²) >= 11 is 0. The SMILES string of the molecule is COc1cc([C@H](C)NC(=O)N(C)Cc2ccc3c(c2)OCCO3)cc(OC)c1OC. The molecule has 8 nitrogen and oxygen atoms in total. The normalized spacial score (nSPS) is 13.2. The summed E-state index contributed by atoms with van der Waals surface area (Å²) in [4.78, 5) is 14.3. The van der Waals surface area contributed by atoms with E-state index < -0.39 is 0 Å². The highest BCUT2D eigenvalue weighted by atomic mass is 16.6. The molecule has 1 heterocycles. The van der Waals surface area contributed by atoms with Crippen molar-refractivity contribution >= 4 is 6.03 Å². The number of nitrogens with one attached hydrogen (secondary N) is 1. The van der Waals surface area contributed by atoms with Gasteiger partial charge in [-0.05, 0) is 42.3 Å². The molecule has 0 fully saturated rings. The quantitative estimate of drug-likeness (QED) is 0.746. The zero-order valence-corrected chi connectivity index (χ0v) is 18.0. The maximum Gasteiger partial charge on any atom is 0.317 e. The lowest BCUT2D eigenvalue weighted by Gasteiger charge is -2.24. The van der Waals surface area contributed by atoms with E-state index in [1.807, 2.05) is 37.3 Å². The fourth-order valence-corrected chi connectivity index (χ4v) is 3.26. The van der Waals surface area contributed by atoms with E-state index in [9.17, 15) is 4.79 Å². The standard InChI is InChI=1S/C22H28N2O6/c1-14(16-11-19(26-3)21(28-5)20(12-16)27-4)23-22(25)24(2)13-15-6-7-17-18(10-15)30-9-8-29-17/h6-7,10-12,14H,8-9,13H2,1-5H3,(H,23,25)/t14-/m0/s1. The van der Waals surface area contributed by atoms with Crippen LogP contribution in [0.15, 0.2) is 30.3 Å². The van der Waals surface area contributed by atoms with Crippen molar-refractivity contribution in [1.82, 2.24) is 10.2 Å². The lowest BCUT2D eigenvalue weighted by Crippen LogP contribution is -2.38. The lowest BCUT2D eigenvalue weighted by atomic mass is 10.1. The summed E-state index contributed by atoms with van der Waals surface area (Å²) in [6, 6.07) is 8.88. The average Bonchev–Trinajstić information content (AvgIpc) is 2.77. The largest absolute Gasteiger partial charge is 0.493 e. The van der Waals surface area contributed by atoms with Gasteiger partial charge in [0.25, 0.3) is 0 Å². The fourth-order valence-electron chi connectivity index (χ4n) is 3.26. The van der Waals surface area contributed by atoms with Gasteiger partial charge in [0.2, 0.25) is 5.75 Å². The zero-order chi connectivity index (χ0) is 21.7. The molecule has 30 heavy (non-hydrogen) atoms. The summed E-state index contributed by atoms with van der Waals surface area (Å²) in [5.74, 6) is 3.03. The van der Waals surface area contributed by atoms with Crippen molar-refractivity contribution in [3.63, 3.8) is 0 Å². The molecule has 0 saturated carbocycles. The first-order valence-corrected chi connectivity index (χ1v) is 9.66. The van der Waals surface area contributed by atoms with E-state index >= 15 is 0 Å². The van der Waals surface area contributed by atoms with Crippen LogP contribution in [0.2, 0.25) is 0 Å². The van der Waals surface area contributed by atoms with Crippen LogP contribution in [0, 0.1) is 0 Å². The van der Waals surface area contributed by atoms with Gasteiger partial charge in [-0.25, -0.2) is 4.79 Å². The molecular formula is C22H28N2O6. The topological polar surface area (TPSA) is 78.5 Å². The summed E-state index contributed by atoms with van der Waals surface area (Å²) in [5, 5.41) is 3.00. The summed E-state index contributed by atoms with van der Waals surface area (Å²) < 4.78 is 27.3. The predicted molar refractivity (Wildman–Crippen MR) is 112 cm³/mol. The van der Waals surface area contributed by atoms with Gasteiger partial charge in [0.1, 0.15) is 13.2 Å². The molecule has 0 aromatic heterocycles. The van der Waals surface area contributed by atoms with Crippen LogP contribution in [0.5, 0.6) is 28.7 Å². The van der Waals surface area contributed by atoms with Crippen molar-refractivity contribution in [3.8, 4) is 28.7 Å². The Balaban J connectivity index is 1.67. The Morgan fingerprint density at radius 1 is 1.03 bits per heavy atom. The first-order chi connectivity index (χ1) is 14.5. The van der Waals surface area contributed by atoms with Gasteiger partial charge >= 0.3 is 6.03 Å². The van der Waals surface area contributed by atoms with Crippen LogP contribution in [0.3, 0.4) is 0 Å². The number of ether oxygens (including phenoxy) is 5. The second kappa shape index (κ2) is 9.47. The van der Waals surface area contributed by atoms with Crippen LogP contribution in [0.1, 0.15) is 24.1 Å². The van der Waals surface area contributed by atoms with E-state index in [4.69, 9.17) is 23.7 Å². The third-order valence-corrected chi connectivity index (χ3v) is 4.90. The van der Waals surface area contributed by atoms with E-state index in [1.165, 1.54) is 0 Å². The fraction of sp³-hybridized carbons (Fsp3) is 0.409. The average molecular weight is 416 g/mol. The number of carbonyl (C=O) groups is 1. The molecule has 2 amide bonds. The van der Waals surface area contributed by atoms with Gasteiger partial charge in [-0.1, -0.05) is 6.07 Å². The summed E-state index contributed by atoms with van der Waals surface area (Å²) in [7, 11) is 6.42. The Kier molecular flexibility index (Phi) is 6.76. The summed E-state index contributed by atoms with van der Waals surface area (Å²) in [5.41, 5.74) is 1.79. The van der Waals surface area contributed by atoms with Crippen molar-refractivity contribution < 1.29 is 28.5 Å². The second-order valence-electron chi connectivity index (χ2n) is 6.96. The van der Waals surface area contributed by atoms with Gasteiger partial charge in [-0.3, -0.25) is 0 Å². The molecule has 1 atom stereocenters.